The van der Waals surface area contributed by atoms with E-state index in [1.54, 1.807) is 6.07 Å². The van der Waals surface area contributed by atoms with Crippen LogP contribution in [-0.2, 0) is 4.79 Å². The first-order chi connectivity index (χ1) is 11.5. The normalized spacial score (nSPS) is 12.1. The molecule has 0 fully saturated rings. The fourth-order valence-corrected chi connectivity index (χ4v) is 2.64. The molecular formula is C16H18N4O3S. The molecule has 8 heteroatoms. The van der Waals surface area contributed by atoms with Crippen molar-refractivity contribution in [2.75, 3.05) is 5.32 Å². The minimum absolute atomic E-state index is 0.0373. The first-order valence-electron chi connectivity index (χ1n) is 7.40. The molecule has 24 heavy (non-hydrogen) atoms. The molecule has 0 saturated heterocycles. The zero-order valence-electron chi connectivity index (χ0n) is 13.4. The summed E-state index contributed by atoms with van der Waals surface area (Å²) in [5, 5.41) is 17.7. The Balaban J connectivity index is 1.92. The highest BCUT2D eigenvalue weighted by molar-refractivity contribution is 7.16. The number of hydrogen-bond acceptors (Lipinski definition) is 6. The number of amides is 1. The van der Waals surface area contributed by atoms with Crippen molar-refractivity contribution in [3.05, 3.63) is 57.0 Å². The zero-order chi connectivity index (χ0) is 17.5. The van der Waals surface area contributed by atoms with Crippen LogP contribution < -0.4 is 10.7 Å². The Morgan fingerprint density at radius 2 is 2.04 bits per heavy atom. The number of hydrogen-bond donors (Lipinski definition) is 2. The molecule has 7 nitrogen and oxygen atoms in total. The number of hydrazone groups is 1. The minimum Gasteiger partial charge on any atom is -0.374 e. The molecule has 0 unspecified atom stereocenters. The van der Waals surface area contributed by atoms with Gasteiger partial charge in [-0.1, -0.05) is 36.0 Å². The third-order valence-electron chi connectivity index (χ3n) is 3.28. The Morgan fingerprint density at radius 3 is 2.62 bits per heavy atom. The Labute approximate surface area is 143 Å². The van der Waals surface area contributed by atoms with Gasteiger partial charge in [-0.15, -0.1) is 0 Å². The topological polar surface area (TPSA) is 96.6 Å². The van der Waals surface area contributed by atoms with Gasteiger partial charge in [0.1, 0.15) is 6.04 Å². The summed E-state index contributed by atoms with van der Waals surface area (Å²) >= 11 is 0.995. The van der Waals surface area contributed by atoms with E-state index in [4.69, 9.17) is 0 Å². The SMILES string of the molecule is CC[C@@H](Nc1ccc(C)cc1)C(=O)NN=Cc1ccc([N+](=O)[O-])s1. The molecule has 1 atom stereocenters. The van der Waals surface area contributed by atoms with Gasteiger partial charge < -0.3 is 5.32 Å². The highest BCUT2D eigenvalue weighted by Crippen LogP contribution is 2.22. The summed E-state index contributed by atoms with van der Waals surface area (Å²) in [6.07, 6.45) is 1.99. The van der Waals surface area contributed by atoms with Crippen molar-refractivity contribution in [2.45, 2.75) is 26.3 Å². The van der Waals surface area contributed by atoms with Gasteiger partial charge in [0, 0.05) is 11.8 Å². The van der Waals surface area contributed by atoms with E-state index in [-0.39, 0.29) is 10.9 Å². The quantitative estimate of drug-likeness (QED) is 0.457. The molecule has 1 aromatic carbocycles. The predicted octanol–water partition coefficient (Wildman–Crippen LogP) is 3.31. The largest absolute Gasteiger partial charge is 0.374 e. The van der Waals surface area contributed by atoms with E-state index in [0.717, 1.165) is 22.6 Å². The van der Waals surface area contributed by atoms with E-state index in [1.165, 1.54) is 12.3 Å². The van der Waals surface area contributed by atoms with Crippen molar-refractivity contribution in [3.63, 3.8) is 0 Å². The molecule has 0 spiro atoms. The predicted molar refractivity (Wildman–Crippen MR) is 95.6 cm³/mol. The second-order valence-electron chi connectivity index (χ2n) is 5.14. The van der Waals surface area contributed by atoms with Crippen LogP contribution in [0.2, 0.25) is 0 Å². The van der Waals surface area contributed by atoms with Crippen LogP contribution in [0.4, 0.5) is 10.7 Å². The number of benzene rings is 1. The number of carbonyl (C=O) groups is 1. The van der Waals surface area contributed by atoms with Crippen LogP contribution in [0.3, 0.4) is 0 Å². The molecule has 2 rings (SSSR count). The van der Waals surface area contributed by atoms with Crippen molar-refractivity contribution >= 4 is 34.1 Å². The van der Waals surface area contributed by atoms with Crippen molar-refractivity contribution < 1.29 is 9.72 Å². The fourth-order valence-electron chi connectivity index (χ4n) is 1.95. The molecule has 126 valence electrons. The summed E-state index contributed by atoms with van der Waals surface area (Å²) in [6, 6.07) is 10.3. The summed E-state index contributed by atoms with van der Waals surface area (Å²) in [6.45, 7) is 3.90. The molecule has 0 aliphatic rings. The van der Waals surface area contributed by atoms with Gasteiger partial charge in [-0.05, 0) is 31.5 Å². The van der Waals surface area contributed by atoms with Crippen molar-refractivity contribution in [3.8, 4) is 0 Å². The molecule has 1 aromatic heterocycles. The maximum atomic E-state index is 12.2. The summed E-state index contributed by atoms with van der Waals surface area (Å²) in [7, 11) is 0. The number of anilines is 1. The summed E-state index contributed by atoms with van der Waals surface area (Å²) in [5.41, 5.74) is 4.46. The molecule has 2 N–H and O–H groups in total. The lowest BCUT2D eigenvalue weighted by Gasteiger charge is -2.16. The second-order valence-corrected chi connectivity index (χ2v) is 6.23. The molecule has 0 bridgehead atoms. The molecular weight excluding hydrogens is 328 g/mol. The monoisotopic (exact) mass is 346 g/mol. The minimum atomic E-state index is -0.459. The van der Waals surface area contributed by atoms with Gasteiger partial charge in [0.15, 0.2) is 0 Å². The van der Waals surface area contributed by atoms with Gasteiger partial charge in [-0.2, -0.15) is 5.10 Å². The van der Waals surface area contributed by atoms with Crippen LogP contribution in [0.1, 0.15) is 23.8 Å². The van der Waals surface area contributed by atoms with E-state index < -0.39 is 11.0 Å². The second kappa shape index (κ2) is 8.21. The lowest BCUT2D eigenvalue weighted by Crippen LogP contribution is -2.36. The van der Waals surface area contributed by atoms with E-state index in [0.29, 0.717) is 11.3 Å². The highest BCUT2D eigenvalue weighted by Gasteiger charge is 2.15. The van der Waals surface area contributed by atoms with Crippen LogP contribution in [0.15, 0.2) is 41.5 Å². The van der Waals surface area contributed by atoms with Crippen LogP contribution in [0, 0.1) is 17.0 Å². The molecule has 0 aliphatic heterocycles. The number of thiophene rings is 1. The molecule has 2 aromatic rings. The molecule has 0 radical (unpaired) electrons. The first-order valence-corrected chi connectivity index (χ1v) is 8.21. The number of nitrogens with zero attached hydrogens (tertiary/aromatic N) is 2. The Hall–Kier alpha value is -2.74. The number of aryl methyl sites for hydroxylation is 1. The number of nitrogens with one attached hydrogen (secondary N) is 2. The standard InChI is InChI=1S/C16H18N4O3S/c1-3-14(18-12-6-4-11(2)5-7-12)16(21)19-17-10-13-8-9-15(24-13)20(22)23/h4-10,14,18H,3H2,1-2H3,(H,19,21)/t14-/m1/s1. The van der Waals surface area contributed by atoms with Gasteiger partial charge in [0.25, 0.3) is 5.91 Å². The Bertz CT molecular complexity index is 740. The Kier molecular flexibility index (Phi) is 6.02. The number of rotatable bonds is 7. The van der Waals surface area contributed by atoms with Gasteiger partial charge in [-0.25, -0.2) is 5.43 Å². The van der Waals surface area contributed by atoms with Crippen molar-refractivity contribution in [1.29, 1.82) is 0 Å². The smallest absolute Gasteiger partial charge is 0.324 e. The van der Waals surface area contributed by atoms with Crippen LogP contribution in [-0.4, -0.2) is 23.1 Å². The number of nitro groups is 1. The fraction of sp³-hybridized carbons (Fsp3) is 0.250. The lowest BCUT2D eigenvalue weighted by molar-refractivity contribution is -0.380. The van der Waals surface area contributed by atoms with Crippen LogP contribution >= 0.6 is 11.3 Å². The van der Waals surface area contributed by atoms with E-state index in [9.17, 15) is 14.9 Å². The van der Waals surface area contributed by atoms with Gasteiger partial charge in [0.05, 0.1) is 16.0 Å². The van der Waals surface area contributed by atoms with E-state index in [1.807, 2.05) is 38.1 Å². The molecule has 0 aliphatic carbocycles. The van der Waals surface area contributed by atoms with Crippen LogP contribution in [0.25, 0.3) is 0 Å². The van der Waals surface area contributed by atoms with Gasteiger partial charge >= 0.3 is 5.00 Å². The average Bonchev–Trinajstić information content (AvgIpc) is 3.03. The van der Waals surface area contributed by atoms with Gasteiger partial charge in [0.2, 0.25) is 0 Å². The van der Waals surface area contributed by atoms with Crippen LogP contribution in [0.5, 0.6) is 0 Å². The molecule has 1 amide bonds. The number of carbonyl (C=O) groups excluding carboxylic acids is 1. The third kappa shape index (κ3) is 4.88. The highest BCUT2D eigenvalue weighted by atomic mass is 32.1. The molecule has 1 heterocycles. The summed E-state index contributed by atoms with van der Waals surface area (Å²) < 4.78 is 0. The first kappa shape index (κ1) is 17.6. The lowest BCUT2D eigenvalue weighted by atomic mass is 10.1. The Morgan fingerprint density at radius 1 is 1.33 bits per heavy atom. The van der Waals surface area contributed by atoms with Gasteiger partial charge in [-0.3, -0.25) is 14.9 Å². The maximum Gasteiger partial charge on any atom is 0.324 e. The summed E-state index contributed by atoms with van der Waals surface area (Å²) in [4.78, 5) is 22.9. The molecule has 0 saturated carbocycles. The maximum absolute atomic E-state index is 12.2. The average molecular weight is 346 g/mol. The van der Waals surface area contributed by atoms with Crippen molar-refractivity contribution in [2.24, 2.45) is 5.10 Å². The van der Waals surface area contributed by atoms with E-state index in [2.05, 4.69) is 15.8 Å². The third-order valence-corrected chi connectivity index (χ3v) is 4.25. The zero-order valence-corrected chi connectivity index (χ0v) is 14.2. The van der Waals surface area contributed by atoms with E-state index >= 15 is 0 Å². The summed E-state index contributed by atoms with van der Waals surface area (Å²) in [5.74, 6) is -0.264. The van der Waals surface area contributed by atoms with Crippen molar-refractivity contribution in [1.82, 2.24) is 5.43 Å².